The van der Waals surface area contributed by atoms with Crippen molar-refractivity contribution in [1.29, 1.82) is 0 Å². The van der Waals surface area contributed by atoms with Crippen molar-refractivity contribution in [2.75, 3.05) is 6.61 Å². The van der Waals surface area contributed by atoms with E-state index in [1.54, 1.807) is 0 Å². The van der Waals surface area contributed by atoms with Crippen LogP contribution in [-0.2, 0) is 0 Å². The minimum absolute atomic E-state index is 0.421. The molecule has 1 unspecified atom stereocenters. The fourth-order valence-corrected chi connectivity index (χ4v) is 2.33. The Morgan fingerprint density at radius 3 is 2.93 bits per heavy atom. The maximum Gasteiger partial charge on any atom is 0.124 e. The van der Waals surface area contributed by atoms with Crippen LogP contribution in [0.1, 0.15) is 36.4 Å². The molecule has 0 radical (unpaired) electrons. The zero-order valence-corrected chi connectivity index (χ0v) is 9.12. The monoisotopic (exact) mass is 203 g/mol. The summed E-state index contributed by atoms with van der Waals surface area (Å²) in [5.74, 6) is 1.07. The second kappa shape index (κ2) is 3.53. The van der Waals surface area contributed by atoms with E-state index in [0.717, 1.165) is 18.4 Å². The SMILES string of the molecule is Cc1ccc2c(c1)C(NC1CCC1)CO2. The molecule has 1 saturated carbocycles. The van der Waals surface area contributed by atoms with Gasteiger partial charge in [0.25, 0.3) is 0 Å². The van der Waals surface area contributed by atoms with Gasteiger partial charge < -0.3 is 10.1 Å². The number of benzene rings is 1. The van der Waals surface area contributed by atoms with Gasteiger partial charge in [0.15, 0.2) is 0 Å². The fourth-order valence-electron chi connectivity index (χ4n) is 2.33. The summed E-state index contributed by atoms with van der Waals surface area (Å²) in [5.41, 5.74) is 2.67. The molecule has 0 spiro atoms. The number of ether oxygens (including phenoxy) is 1. The molecule has 2 aliphatic rings. The molecule has 1 N–H and O–H groups in total. The van der Waals surface area contributed by atoms with Crippen molar-refractivity contribution in [2.45, 2.75) is 38.3 Å². The molecular formula is C13H17NO. The average Bonchev–Trinajstić information content (AvgIpc) is 2.54. The molecule has 1 aromatic carbocycles. The van der Waals surface area contributed by atoms with Crippen LogP contribution < -0.4 is 10.1 Å². The Hall–Kier alpha value is -1.02. The molecule has 0 bridgehead atoms. The van der Waals surface area contributed by atoms with Crippen LogP contribution in [0.4, 0.5) is 0 Å². The van der Waals surface area contributed by atoms with E-state index in [1.807, 2.05) is 0 Å². The van der Waals surface area contributed by atoms with Gasteiger partial charge in [0, 0.05) is 11.6 Å². The lowest BCUT2D eigenvalue weighted by Gasteiger charge is -2.29. The fraction of sp³-hybridized carbons (Fsp3) is 0.538. The van der Waals surface area contributed by atoms with Gasteiger partial charge >= 0.3 is 0 Å². The lowest BCUT2D eigenvalue weighted by molar-refractivity contribution is 0.258. The van der Waals surface area contributed by atoms with E-state index in [-0.39, 0.29) is 0 Å². The number of nitrogens with one attached hydrogen (secondary N) is 1. The zero-order valence-electron chi connectivity index (χ0n) is 9.12. The topological polar surface area (TPSA) is 21.3 Å². The maximum atomic E-state index is 5.67. The quantitative estimate of drug-likeness (QED) is 0.797. The second-order valence-electron chi connectivity index (χ2n) is 4.70. The molecule has 1 aliphatic heterocycles. The summed E-state index contributed by atoms with van der Waals surface area (Å²) < 4.78 is 5.67. The van der Waals surface area contributed by atoms with E-state index in [4.69, 9.17) is 4.74 Å². The first kappa shape index (κ1) is 9.22. The standard InChI is InChI=1S/C13H17NO/c1-9-5-6-13-11(7-9)12(8-15-13)14-10-3-2-4-10/h5-7,10,12,14H,2-4,8H2,1H3. The summed E-state index contributed by atoms with van der Waals surface area (Å²) in [6, 6.07) is 7.60. The van der Waals surface area contributed by atoms with E-state index < -0.39 is 0 Å². The van der Waals surface area contributed by atoms with Crippen molar-refractivity contribution in [3.8, 4) is 5.75 Å². The van der Waals surface area contributed by atoms with Gasteiger partial charge in [0.1, 0.15) is 12.4 Å². The minimum Gasteiger partial charge on any atom is -0.491 e. The normalized spacial score (nSPS) is 24.5. The van der Waals surface area contributed by atoms with Crippen molar-refractivity contribution >= 4 is 0 Å². The van der Waals surface area contributed by atoms with E-state index in [0.29, 0.717) is 6.04 Å². The van der Waals surface area contributed by atoms with Gasteiger partial charge in [-0.15, -0.1) is 0 Å². The first-order valence-electron chi connectivity index (χ1n) is 5.82. The smallest absolute Gasteiger partial charge is 0.124 e. The second-order valence-corrected chi connectivity index (χ2v) is 4.70. The molecule has 1 atom stereocenters. The van der Waals surface area contributed by atoms with Crippen LogP contribution in [-0.4, -0.2) is 12.6 Å². The van der Waals surface area contributed by atoms with Crippen LogP contribution in [0.15, 0.2) is 18.2 Å². The van der Waals surface area contributed by atoms with Crippen LogP contribution in [0.3, 0.4) is 0 Å². The summed E-state index contributed by atoms with van der Waals surface area (Å²) >= 11 is 0. The highest BCUT2D eigenvalue weighted by molar-refractivity contribution is 5.42. The average molecular weight is 203 g/mol. The van der Waals surface area contributed by atoms with Crippen molar-refractivity contribution < 1.29 is 4.74 Å². The summed E-state index contributed by atoms with van der Waals surface area (Å²) in [4.78, 5) is 0. The highest BCUT2D eigenvalue weighted by Crippen LogP contribution is 2.34. The summed E-state index contributed by atoms with van der Waals surface area (Å²) in [7, 11) is 0. The van der Waals surface area contributed by atoms with Crippen LogP contribution in [0.5, 0.6) is 5.75 Å². The molecule has 1 fully saturated rings. The van der Waals surface area contributed by atoms with Gasteiger partial charge in [-0.05, 0) is 25.8 Å². The predicted octanol–water partition coefficient (Wildman–Crippen LogP) is 2.57. The molecule has 2 nitrogen and oxygen atoms in total. The van der Waals surface area contributed by atoms with Crippen molar-refractivity contribution in [3.63, 3.8) is 0 Å². The van der Waals surface area contributed by atoms with Crippen molar-refractivity contribution in [1.82, 2.24) is 5.32 Å². The van der Waals surface area contributed by atoms with Crippen LogP contribution in [0.2, 0.25) is 0 Å². The van der Waals surface area contributed by atoms with E-state index in [9.17, 15) is 0 Å². The third-order valence-electron chi connectivity index (χ3n) is 3.49. The number of rotatable bonds is 2. The number of hydrogen-bond acceptors (Lipinski definition) is 2. The van der Waals surface area contributed by atoms with Gasteiger partial charge in [0.2, 0.25) is 0 Å². The Morgan fingerprint density at radius 2 is 2.20 bits per heavy atom. The van der Waals surface area contributed by atoms with E-state index >= 15 is 0 Å². The van der Waals surface area contributed by atoms with Gasteiger partial charge in [-0.2, -0.15) is 0 Å². The molecule has 2 heteroatoms. The molecule has 80 valence electrons. The van der Waals surface area contributed by atoms with Crippen LogP contribution >= 0.6 is 0 Å². The Kier molecular flexibility index (Phi) is 2.17. The highest BCUT2D eigenvalue weighted by Gasteiger charge is 2.28. The third-order valence-corrected chi connectivity index (χ3v) is 3.49. The molecule has 1 aromatic rings. The van der Waals surface area contributed by atoms with Crippen molar-refractivity contribution in [2.24, 2.45) is 0 Å². The zero-order chi connectivity index (χ0) is 10.3. The Balaban J connectivity index is 1.80. The van der Waals surface area contributed by atoms with Gasteiger partial charge in [0.05, 0.1) is 6.04 Å². The third kappa shape index (κ3) is 1.63. The number of hydrogen-bond donors (Lipinski definition) is 1. The lowest BCUT2D eigenvalue weighted by atomic mass is 9.91. The summed E-state index contributed by atoms with van der Waals surface area (Å²) in [6.07, 6.45) is 4.04. The lowest BCUT2D eigenvalue weighted by Crippen LogP contribution is -2.38. The maximum absolute atomic E-state index is 5.67. The molecule has 1 heterocycles. The van der Waals surface area contributed by atoms with E-state index in [1.165, 1.54) is 30.4 Å². The molecular weight excluding hydrogens is 186 g/mol. The Bertz CT molecular complexity index is 371. The summed E-state index contributed by atoms with van der Waals surface area (Å²) in [6.45, 7) is 2.94. The van der Waals surface area contributed by atoms with Crippen LogP contribution in [0, 0.1) is 6.92 Å². The van der Waals surface area contributed by atoms with Crippen LogP contribution in [0.25, 0.3) is 0 Å². The highest BCUT2D eigenvalue weighted by atomic mass is 16.5. The van der Waals surface area contributed by atoms with Gasteiger partial charge in [-0.1, -0.05) is 24.1 Å². The van der Waals surface area contributed by atoms with E-state index in [2.05, 4.69) is 30.4 Å². The Labute approximate surface area is 90.6 Å². The first-order chi connectivity index (χ1) is 7.33. The number of aryl methyl sites for hydroxylation is 1. The first-order valence-corrected chi connectivity index (χ1v) is 5.82. The minimum atomic E-state index is 0.421. The van der Waals surface area contributed by atoms with Crippen molar-refractivity contribution in [3.05, 3.63) is 29.3 Å². The van der Waals surface area contributed by atoms with Gasteiger partial charge in [-0.25, -0.2) is 0 Å². The molecule has 3 rings (SSSR count). The predicted molar refractivity (Wildman–Crippen MR) is 60.2 cm³/mol. The largest absolute Gasteiger partial charge is 0.491 e. The molecule has 1 aliphatic carbocycles. The molecule has 0 amide bonds. The molecule has 0 saturated heterocycles. The van der Waals surface area contributed by atoms with Gasteiger partial charge in [-0.3, -0.25) is 0 Å². The number of fused-ring (bicyclic) bond motifs is 1. The Morgan fingerprint density at radius 1 is 1.33 bits per heavy atom. The molecule has 15 heavy (non-hydrogen) atoms. The summed E-state index contributed by atoms with van der Waals surface area (Å²) in [5, 5.41) is 3.67. The molecule has 0 aromatic heterocycles.